The second-order valence-corrected chi connectivity index (χ2v) is 7.86. The van der Waals surface area contributed by atoms with E-state index < -0.39 is 0 Å². The van der Waals surface area contributed by atoms with Gasteiger partial charge in [-0.25, -0.2) is 0 Å². The first-order chi connectivity index (χ1) is 15.2. The van der Waals surface area contributed by atoms with Crippen LogP contribution in [0.1, 0.15) is 0 Å². The maximum atomic E-state index is 12.5. The van der Waals surface area contributed by atoms with Gasteiger partial charge >= 0.3 is 0 Å². The second kappa shape index (κ2) is 9.62. The third-order valence-electron chi connectivity index (χ3n) is 4.20. The molecule has 2 heterocycles. The van der Waals surface area contributed by atoms with Crippen molar-refractivity contribution in [3.05, 3.63) is 54.9 Å². The van der Waals surface area contributed by atoms with Gasteiger partial charge in [-0.05, 0) is 59.1 Å². The Hall–Kier alpha value is -3.38. The van der Waals surface area contributed by atoms with Gasteiger partial charge in [-0.3, -0.25) is 9.36 Å². The Labute approximate surface area is 186 Å². The molecule has 0 aliphatic rings. The van der Waals surface area contributed by atoms with Crippen LogP contribution in [0, 0.1) is 0 Å². The Morgan fingerprint density at radius 1 is 1.10 bits per heavy atom. The summed E-state index contributed by atoms with van der Waals surface area (Å²) >= 11 is 2.74. The molecule has 0 spiro atoms. The fraction of sp³-hybridized carbons (Fsp3) is 0.158. The summed E-state index contributed by atoms with van der Waals surface area (Å²) in [6.07, 6.45) is 3.51. The molecule has 12 heteroatoms. The Kier molecular flexibility index (Phi) is 6.48. The lowest BCUT2D eigenvalue weighted by molar-refractivity contribution is -0.113. The summed E-state index contributed by atoms with van der Waals surface area (Å²) in [6.45, 7) is 0. The summed E-state index contributed by atoms with van der Waals surface area (Å²) in [4.78, 5) is 12.5. The van der Waals surface area contributed by atoms with Crippen molar-refractivity contribution in [1.29, 1.82) is 0 Å². The number of nitrogens with one attached hydrogen (secondary N) is 1. The van der Waals surface area contributed by atoms with E-state index >= 15 is 0 Å². The molecule has 0 fully saturated rings. The molecule has 0 bridgehead atoms. The molecule has 2 aromatic carbocycles. The summed E-state index contributed by atoms with van der Waals surface area (Å²) in [5, 5.41) is 23.9. The third-order valence-corrected chi connectivity index (χ3v) is 5.76. The lowest BCUT2D eigenvalue weighted by atomic mass is 10.3. The van der Waals surface area contributed by atoms with Crippen molar-refractivity contribution in [2.75, 3.05) is 24.4 Å². The summed E-state index contributed by atoms with van der Waals surface area (Å²) in [5.41, 5.74) is 2.30. The molecule has 158 valence electrons. The van der Waals surface area contributed by atoms with E-state index in [2.05, 4.69) is 31.0 Å². The maximum Gasteiger partial charge on any atom is 0.234 e. The van der Waals surface area contributed by atoms with Gasteiger partial charge in [0.2, 0.25) is 11.1 Å². The highest BCUT2D eigenvalue weighted by atomic mass is 32.2. The van der Waals surface area contributed by atoms with Crippen LogP contribution in [0.15, 0.2) is 65.2 Å². The van der Waals surface area contributed by atoms with Crippen LogP contribution in [0.4, 0.5) is 5.69 Å². The van der Waals surface area contributed by atoms with Crippen LogP contribution < -0.4 is 10.1 Å². The van der Waals surface area contributed by atoms with Crippen molar-refractivity contribution in [1.82, 2.24) is 35.0 Å². The number of anilines is 1. The van der Waals surface area contributed by atoms with E-state index in [0.29, 0.717) is 16.0 Å². The molecule has 0 saturated heterocycles. The predicted octanol–water partition coefficient (Wildman–Crippen LogP) is 2.70. The minimum Gasteiger partial charge on any atom is -0.497 e. The number of benzene rings is 2. The van der Waals surface area contributed by atoms with E-state index in [1.807, 2.05) is 59.4 Å². The van der Waals surface area contributed by atoms with Crippen molar-refractivity contribution in [2.24, 2.45) is 0 Å². The van der Waals surface area contributed by atoms with E-state index in [0.717, 1.165) is 17.1 Å². The highest BCUT2D eigenvalue weighted by Crippen LogP contribution is 2.22. The number of carbonyl (C=O) groups is 1. The average molecular weight is 455 g/mol. The average Bonchev–Trinajstić information content (AvgIpc) is 3.47. The lowest BCUT2D eigenvalue weighted by Gasteiger charge is -2.09. The standard InChI is InChI=1S/C19H18N8O2S2/c1-29-16-8-6-14(7-9-16)26-12-20-22-18(26)31-11-17(28)21-13-4-3-5-15(10-13)27-19(30-2)23-24-25-27/h3-10,12H,11H2,1-2H3,(H,21,28). The van der Waals surface area contributed by atoms with Crippen molar-refractivity contribution >= 4 is 35.1 Å². The molecule has 1 amide bonds. The smallest absolute Gasteiger partial charge is 0.234 e. The lowest BCUT2D eigenvalue weighted by Crippen LogP contribution is -2.15. The molecule has 1 N–H and O–H groups in total. The number of carbonyl (C=O) groups excluding carboxylic acids is 1. The van der Waals surface area contributed by atoms with Crippen LogP contribution in [0.3, 0.4) is 0 Å². The van der Waals surface area contributed by atoms with Crippen molar-refractivity contribution in [3.63, 3.8) is 0 Å². The number of methoxy groups -OCH3 is 1. The number of hydrogen-bond donors (Lipinski definition) is 1. The van der Waals surface area contributed by atoms with Crippen LogP contribution in [-0.4, -0.2) is 60.0 Å². The summed E-state index contributed by atoms with van der Waals surface area (Å²) in [7, 11) is 1.62. The van der Waals surface area contributed by atoms with Crippen molar-refractivity contribution in [3.8, 4) is 17.1 Å². The topological polar surface area (TPSA) is 113 Å². The van der Waals surface area contributed by atoms with Crippen LogP contribution in [0.25, 0.3) is 11.4 Å². The van der Waals surface area contributed by atoms with Crippen molar-refractivity contribution < 1.29 is 9.53 Å². The normalized spacial score (nSPS) is 10.8. The molecule has 4 rings (SSSR count). The van der Waals surface area contributed by atoms with E-state index in [-0.39, 0.29) is 11.7 Å². The molecule has 0 atom stereocenters. The zero-order valence-electron chi connectivity index (χ0n) is 16.7. The fourth-order valence-electron chi connectivity index (χ4n) is 2.75. The van der Waals surface area contributed by atoms with Crippen LogP contribution >= 0.6 is 23.5 Å². The molecule has 4 aromatic rings. The number of hydrogen-bond acceptors (Lipinski definition) is 9. The largest absolute Gasteiger partial charge is 0.497 e. The minimum absolute atomic E-state index is 0.159. The Bertz CT molecular complexity index is 1180. The molecular weight excluding hydrogens is 436 g/mol. The molecule has 0 saturated carbocycles. The van der Waals surface area contributed by atoms with Gasteiger partial charge < -0.3 is 10.1 Å². The van der Waals surface area contributed by atoms with E-state index in [4.69, 9.17) is 4.74 Å². The van der Waals surface area contributed by atoms with Crippen LogP contribution in [0.5, 0.6) is 5.75 Å². The Morgan fingerprint density at radius 2 is 1.94 bits per heavy atom. The van der Waals surface area contributed by atoms with Crippen molar-refractivity contribution in [2.45, 2.75) is 10.3 Å². The predicted molar refractivity (Wildman–Crippen MR) is 118 cm³/mol. The number of thioether (sulfide) groups is 2. The van der Waals surface area contributed by atoms with Crippen LogP contribution in [-0.2, 0) is 4.79 Å². The van der Waals surface area contributed by atoms with Gasteiger partial charge in [0.25, 0.3) is 0 Å². The first-order valence-electron chi connectivity index (χ1n) is 9.08. The quantitative estimate of drug-likeness (QED) is 0.402. The molecule has 10 nitrogen and oxygen atoms in total. The van der Waals surface area contributed by atoms with Gasteiger partial charge in [0.1, 0.15) is 12.1 Å². The Morgan fingerprint density at radius 3 is 2.71 bits per heavy atom. The van der Waals surface area contributed by atoms with Gasteiger partial charge in [0.15, 0.2) is 5.16 Å². The molecule has 2 aromatic heterocycles. The molecular formula is C19H18N8O2S2. The van der Waals surface area contributed by atoms with Gasteiger partial charge in [0.05, 0.1) is 18.6 Å². The number of nitrogens with zero attached hydrogens (tertiary/aromatic N) is 7. The first kappa shape index (κ1) is 20.9. The Balaban J connectivity index is 1.40. The number of rotatable bonds is 8. The molecule has 31 heavy (non-hydrogen) atoms. The summed E-state index contributed by atoms with van der Waals surface area (Å²) in [6, 6.07) is 14.9. The summed E-state index contributed by atoms with van der Waals surface area (Å²) < 4.78 is 8.62. The van der Waals surface area contributed by atoms with E-state index in [9.17, 15) is 4.79 Å². The van der Waals surface area contributed by atoms with Gasteiger partial charge in [-0.2, -0.15) is 4.68 Å². The van der Waals surface area contributed by atoms with Crippen LogP contribution in [0.2, 0.25) is 0 Å². The molecule has 0 aliphatic carbocycles. The zero-order chi connectivity index (χ0) is 21.6. The van der Waals surface area contributed by atoms with Gasteiger partial charge in [-0.15, -0.1) is 15.3 Å². The highest BCUT2D eigenvalue weighted by molar-refractivity contribution is 7.99. The van der Waals surface area contributed by atoms with Gasteiger partial charge in [0, 0.05) is 11.4 Å². The van der Waals surface area contributed by atoms with E-state index in [1.165, 1.54) is 23.5 Å². The monoisotopic (exact) mass is 454 g/mol. The number of aromatic nitrogens is 7. The maximum absolute atomic E-state index is 12.5. The highest BCUT2D eigenvalue weighted by Gasteiger charge is 2.12. The number of amides is 1. The fourth-order valence-corrected chi connectivity index (χ4v) is 3.92. The number of ether oxygens (including phenoxy) is 1. The zero-order valence-corrected chi connectivity index (χ0v) is 18.3. The first-order valence-corrected chi connectivity index (χ1v) is 11.3. The van der Waals surface area contributed by atoms with Gasteiger partial charge in [-0.1, -0.05) is 29.6 Å². The SMILES string of the molecule is COc1ccc(-n2cnnc2SCC(=O)Nc2cccc(-n3nnnc3SC)c2)cc1. The number of tetrazole rings is 1. The molecule has 0 radical (unpaired) electrons. The summed E-state index contributed by atoms with van der Waals surface area (Å²) in [5.74, 6) is 0.784. The minimum atomic E-state index is -0.159. The second-order valence-electron chi connectivity index (χ2n) is 6.15. The third kappa shape index (κ3) is 4.86. The van der Waals surface area contributed by atoms with E-state index in [1.54, 1.807) is 18.1 Å². The molecule has 0 unspecified atom stereocenters. The molecule has 0 aliphatic heterocycles.